The maximum atomic E-state index is 13.0. The summed E-state index contributed by atoms with van der Waals surface area (Å²) >= 11 is 0. The van der Waals surface area contributed by atoms with Crippen LogP contribution in [0.1, 0.15) is 13.8 Å². The number of rotatable bonds is 6. The summed E-state index contributed by atoms with van der Waals surface area (Å²) in [5.74, 6) is -25.4. The van der Waals surface area contributed by atoms with Gasteiger partial charge in [0, 0.05) is 12.5 Å². The number of halogens is 8. The number of carbonyl (C=O) groups is 1. The van der Waals surface area contributed by atoms with E-state index in [-0.39, 0.29) is 0 Å². The lowest BCUT2D eigenvalue weighted by Crippen LogP contribution is -2.62. The molecule has 0 unspecified atom stereocenters. The van der Waals surface area contributed by atoms with Gasteiger partial charge in [0.1, 0.15) is 0 Å². The molecule has 0 heterocycles. The minimum absolute atomic E-state index is 0.461. The monoisotopic (exact) mass is 314 g/mol. The van der Waals surface area contributed by atoms with Crippen molar-refractivity contribution in [3.05, 3.63) is 12.2 Å². The van der Waals surface area contributed by atoms with Crippen LogP contribution >= 0.6 is 0 Å². The highest BCUT2D eigenvalue weighted by molar-refractivity contribution is 5.86. The first-order valence-corrected chi connectivity index (χ1v) is 4.92. The van der Waals surface area contributed by atoms with Gasteiger partial charge in [0.15, 0.2) is 6.61 Å². The average molecular weight is 314 g/mol. The van der Waals surface area contributed by atoms with Crippen LogP contribution in [0.15, 0.2) is 12.2 Å². The van der Waals surface area contributed by atoms with E-state index in [2.05, 4.69) is 11.3 Å². The average Bonchev–Trinajstić information content (AvgIpc) is 2.23. The molecule has 0 atom stereocenters. The van der Waals surface area contributed by atoms with Crippen molar-refractivity contribution in [1.29, 1.82) is 0 Å². The third kappa shape index (κ3) is 3.21. The third-order valence-electron chi connectivity index (χ3n) is 2.14. The molecule has 118 valence electrons. The first-order valence-electron chi connectivity index (χ1n) is 4.92. The molecular formula is C10H10F8O2. The summed E-state index contributed by atoms with van der Waals surface area (Å²) in [6, 6.07) is 0. The molecule has 0 aromatic rings. The lowest BCUT2D eigenvalue weighted by Gasteiger charge is -2.35. The van der Waals surface area contributed by atoms with Crippen LogP contribution in [0.4, 0.5) is 35.1 Å². The maximum Gasteiger partial charge on any atom is 0.381 e. The van der Waals surface area contributed by atoms with Crippen LogP contribution in [0.5, 0.6) is 0 Å². The molecular weight excluding hydrogens is 304 g/mol. The highest BCUT2D eigenvalue weighted by atomic mass is 19.4. The van der Waals surface area contributed by atoms with Crippen LogP contribution < -0.4 is 0 Å². The summed E-state index contributed by atoms with van der Waals surface area (Å²) in [6.45, 7) is 0.794. The normalized spacial score (nSPS) is 14.1. The molecule has 0 saturated heterocycles. The van der Waals surface area contributed by atoms with Crippen molar-refractivity contribution in [1.82, 2.24) is 0 Å². The Morgan fingerprint density at radius 1 is 1.00 bits per heavy atom. The van der Waals surface area contributed by atoms with Crippen molar-refractivity contribution < 1.29 is 44.7 Å². The van der Waals surface area contributed by atoms with Crippen molar-refractivity contribution >= 4 is 5.97 Å². The Hall–Kier alpha value is -1.35. The predicted octanol–water partition coefficient (Wildman–Crippen LogP) is 3.67. The van der Waals surface area contributed by atoms with Crippen LogP contribution in [0.3, 0.4) is 0 Å². The fourth-order valence-corrected chi connectivity index (χ4v) is 0.875. The number of hydrogen-bond acceptors (Lipinski definition) is 2. The summed E-state index contributed by atoms with van der Waals surface area (Å²) in [7, 11) is 0. The zero-order chi connectivity index (χ0) is 16.6. The first kappa shape index (κ1) is 18.7. The summed E-state index contributed by atoms with van der Waals surface area (Å²) in [6.07, 6.45) is 0. The minimum Gasteiger partial charge on any atom is -0.456 e. The van der Waals surface area contributed by atoms with E-state index in [0.717, 1.165) is 6.92 Å². The fraction of sp³-hybridized carbons (Fsp3) is 0.700. The molecule has 0 rings (SSSR count). The van der Waals surface area contributed by atoms with Gasteiger partial charge in [0.05, 0.1) is 0 Å². The largest absolute Gasteiger partial charge is 0.456 e. The van der Waals surface area contributed by atoms with E-state index in [9.17, 15) is 39.9 Å². The van der Waals surface area contributed by atoms with Gasteiger partial charge in [-0.25, -0.2) is 4.79 Å². The SMILES string of the molecule is C=C(C)C(=O)OCC(F)(F)C(F)(F)C(F)(F)C(C)(F)F. The highest BCUT2D eigenvalue weighted by Gasteiger charge is 2.79. The second kappa shape index (κ2) is 5.21. The molecule has 0 N–H and O–H groups in total. The zero-order valence-electron chi connectivity index (χ0n) is 10.3. The molecule has 10 heteroatoms. The third-order valence-corrected chi connectivity index (χ3v) is 2.14. The molecule has 0 aliphatic heterocycles. The molecule has 0 aliphatic carbocycles. The second-order valence-corrected chi connectivity index (χ2v) is 4.10. The van der Waals surface area contributed by atoms with Gasteiger partial charge in [-0.15, -0.1) is 0 Å². The van der Waals surface area contributed by atoms with E-state index in [1.165, 1.54) is 0 Å². The summed E-state index contributed by atoms with van der Waals surface area (Å²) in [4.78, 5) is 10.7. The molecule has 0 amide bonds. The molecule has 2 nitrogen and oxygen atoms in total. The van der Waals surface area contributed by atoms with E-state index in [1.54, 1.807) is 0 Å². The van der Waals surface area contributed by atoms with E-state index < -0.39 is 48.8 Å². The maximum absolute atomic E-state index is 13.0. The summed E-state index contributed by atoms with van der Waals surface area (Å²) in [5, 5.41) is 0. The second-order valence-electron chi connectivity index (χ2n) is 4.10. The van der Waals surface area contributed by atoms with Crippen molar-refractivity contribution in [2.45, 2.75) is 37.5 Å². The van der Waals surface area contributed by atoms with Crippen molar-refractivity contribution in [2.24, 2.45) is 0 Å². The highest BCUT2D eigenvalue weighted by Crippen LogP contribution is 2.52. The Morgan fingerprint density at radius 3 is 1.70 bits per heavy atom. The molecule has 0 saturated carbocycles. The fourth-order valence-electron chi connectivity index (χ4n) is 0.875. The van der Waals surface area contributed by atoms with Gasteiger partial charge in [0.25, 0.3) is 0 Å². The number of ether oxygens (including phenoxy) is 1. The molecule has 0 fully saturated rings. The van der Waals surface area contributed by atoms with Crippen molar-refractivity contribution in [2.75, 3.05) is 6.61 Å². The summed E-state index contributed by atoms with van der Waals surface area (Å²) in [5.41, 5.74) is -0.461. The Balaban J connectivity index is 5.27. The Labute approximate surface area is 108 Å². The van der Waals surface area contributed by atoms with Crippen molar-refractivity contribution in [3.63, 3.8) is 0 Å². The van der Waals surface area contributed by atoms with Crippen molar-refractivity contribution in [3.8, 4) is 0 Å². The number of carbonyl (C=O) groups excluding carboxylic acids is 1. The number of esters is 1. The van der Waals surface area contributed by atoms with E-state index in [0.29, 0.717) is 0 Å². The Morgan fingerprint density at radius 2 is 1.40 bits per heavy atom. The van der Waals surface area contributed by atoms with Gasteiger partial charge in [0.2, 0.25) is 0 Å². The van der Waals surface area contributed by atoms with Gasteiger partial charge in [-0.3, -0.25) is 0 Å². The van der Waals surface area contributed by atoms with Crippen LogP contribution in [0.2, 0.25) is 0 Å². The molecule has 20 heavy (non-hydrogen) atoms. The number of hydrogen-bond donors (Lipinski definition) is 0. The van der Waals surface area contributed by atoms with Crippen LogP contribution in [-0.2, 0) is 9.53 Å². The van der Waals surface area contributed by atoms with E-state index in [1.807, 2.05) is 0 Å². The smallest absolute Gasteiger partial charge is 0.381 e. The first-order chi connectivity index (χ1) is 8.58. The Bertz CT molecular complexity index is 397. The standard InChI is InChI=1S/C10H10F8O2/c1-5(2)6(19)20-4-8(13,14)10(17,18)9(15,16)7(3,11)12/h1,4H2,2-3H3. The van der Waals surface area contributed by atoms with Gasteiger partial charge < -0.3 is 4.74 Å². The van der Waals surface area contributed by atoms with E-state index in [4.69, 9.17) is 0 Å². The van der Waals surface area contributed by atoms with Gasteiger partial charge >= 0.3 is 29.7 Å². The van der Waals surface area contributed by atoms with Gasteiger partial charge in [-0.05, 0) is 6.92 Å². The predicted molar refractivity (Wildman–Crippen MR) is 51.2 cm³/mol. The quantitative estimate of drug-likeness (QED) is 0.425. The van der Waals surface area contributed by atoms with Crippen LogP contribution in [-0.4, -0.2) is 36.3 Å². The molecule has 0 bridgehead atoms. The summed E-state index contributed by atoms with van der Waals surface area (Å²) < 4.78 is 106. The molecule has 0 aromatic carbocycles. The molecule has 0 aromatic heterocycles. The van der Waals surface area contributed by atoms with Gasteiger partial charge in [-0.1, -0.05) is 6.58 Å². The molecule has 0 aliphatic rings. The minimum atomic E-state index is -6.42. The number of alkyl halides is 8. The Kier molecular flexibility index (Phi) is 4.86. The lowest BCUT2D eigenvalue weighted by molar-refractivity contribution is -0.366. The topological polar surface area (TPSA) is 26.3 Å². The zero-order valence-corrected chi connectivity index (χ0v) is 10.3. The lowest BCUT2D eigenvalue weighted by atomic mass is 10.00. The van der Waals surface area contributed by atoms with Gasteiger partial charge in [-0.2, -0.15) is 35.1 Å². The molecule has 0 spiro atoms. The van der Waals surface area contributed by atoms with Crippen LogP contribution in [0.25, 0.3) is 0 Å². The molecule has 0 radical (unpaired) electrons. The van der Waals surface area contributed by atoms with E-state index >= 15 is 0 Å². The van der Waals surface area contributed by atoms with Crippen LogP contribution in [0, 0.1) is 0 Å².